The third-order valence-corrected chi connectivity index (χ3v) is 4.78. The van der Waals surface area contributed by atoms with E-state index in [4.69, 9.17) is 28.4 Å². The Morgan fingerprint density at radius 2 is 1.55 bits per heavy atom. The van der Waals surface area contributed by atoms with Crippen molar-refractivity contribution in [2.75, 3.05) is 13.2 Å². The van der Waals surface area contributed by atoms with Crippen molar-refractivity contribution in [2.24, 2.45) is 0 Å². The van der Waals surface area contributed by atoms with Crippen LogP contribution in [-0.2, 0) is 47.6 Å². The van der Waals surface area contributed by atoms with Crippen LogP contribution in [0.15, 0.2) is 0 Å². The summed E-state index contributed by atoms with van der Waals surface area (Å²) < 4.78 is 33.5. The summed E-state index contributed by atoms with van der Waals surface area (Å²) in [4.78, 5) is 46.8. The van der Waals surface area contributed by atoms with Crippen molar-refractivity contribution >= 4 is 23.8 Å². The summed E-state index contributed by atoms with van der Waals surface area (Å²) in [5.74, 6) is -2.99. The van der Waals surface area contributed by atoms with E-state index in [1.54, 1.807) is 13.8 Å². The third kappa shape index (κ3) is 7.44. The molecule has 0 unspecified atom stereocenters. The fourth-order valence-electron chi connectivity index (χ4n) is 3.76. The smallest absolute Gasteiger partial charge is 0.303 e. The second-order valence-electron chi connectivity index (χ2n) is 8.08. The Morgan fingerprint density at radius 1 is 0.935 bits per heavy atom. The predicted molar refractivity (Wildman–Crippen MR) is 104 cm³/mol. The molecular formula is C20H31NO10. The van der Waals surface area contributed by atoms with Gasteiger partial charge in [-0.3, -0.25) is 19.2 Å². The van der Waals surface area contributed by atoms with E-state index in [9.17, 15) is 19.2 Å². The molecule has 0 bridgehead atoms. The van der Waals surface area contributed by atoms with Crippen molar-refractivity contribution in [1.82, 2.24) is 5.32 Å². The molecule has 1 N–H and O–H groups in total. The summed E-state index contributed by atoms with van der Waals surface area (Å²) in [5.41, 5.74) is 0. The van der Waals surface area contributed by atoms with Crippen LogP contribution >= 0.6 is 0 Å². The van der Waals surface area contributed by atoms with Crippen molar-refractivity contribution in [2.45, 2.75) is 90.3 Å². The molecule has 2 saturated heterocycles. The van der Waals surface area contributed by atoms with Crippen LogP contribution in [0.1, 0.15) is 48.0 Å². The van der Waals surface area contributed by atoms with E-state index in [0.29, 0.717) is 6.61 Å². The molecule has 2 aliphatic rings. The summed E-state index contributed by atoms with van der Waals surface area (Å²) >= 11 is 0. The highest BCUT2D eigenvalue weighted by Gasteiger charge is 2.51. The Kier molecular flexibility index (Phi) is 8.38. The molecule has 1 amide bonds. The van der Waals surface area contributed by atoms with Gasteiger partial charge in [-0.2, -0.15) is 0 Å². The number of rotatable bonds is 7. The van der Waals surface area contributed by atoms with Gasteiger partial charge in [-0.25, -0.2) is 0 Å². The number of nitrogens with one attached hydrogen (secondary N) is 1. The predicted octanol–water partition coefficient (Wildman–Crippen LogP) is 0.227. The van der Waals surface area contributed by atoms with Crippen LogP contribution in [-0.4, -0.2) is 79.4 Å². The molecule has 0 aromatic heterocycles. The molecule has 2 fully saturated rings. The molecule has 176 valence electrons. The van der Waals surface area contributed by atoms with Gasteiger partial charge in [-0.15, -0.1) is 0 Å². The molecule has 0 saturated carbocycles. The Morgan fingerprint density at radius 3 is 2.03 bits per heavy atom. The number of hydrogen-bond acceptors (Lipinski definition) is 10. The normalized spacial score (nSPS) is 32.1. The van der Waals surface area contributed by atoms with Gasteiger partial charge >= 0.3 is 17.9 Å². The number of ether oxygens (including phenoxy) is 6. The van der Waals surface area contributed by atoms with E-state index in [1.165, 1.54) is 27.7 Å². The minimum absolute atomic E-state index is 0.234. The average Bonchev–Trinajstić information content (AvgIpc) is 2.95. The van der Waals surface area contributed by atoms with Crippen molar-refractivity contribution in [3.8, 4) is 0 Å². The van der Waals surface area contributed by atoms with E-state index < -0.39 is 54.2 Å². The monoisotopic (exact) mass is 445 g/mol. The highest BCUT2D eigenvalue weighted by molar-refractivity contribution is 5.73. The van der Waals surface area contributed by atoms with Gasteiger partial charge in [0.05, 0.1) is 24.9 Å². The fraction of sp³-hybridized carbons (Fsp3) is 0.800. The Labute approximate surface area is 181 Å². The molecule has 0 radical (unpaired) electrons. The van der Waals surface area contributed by atoms with Gasteiger partial charge in [0.25, 0.3) is 0 Å². The molecule has 2 heterocycles. The topological polar surface area (TPSA) is 136 Å². The first kappa shape index (κ1) is 25.0. The van der Waals surface area contributed by atoms with Crippen molar-refractivity contribution < 1.29 is 47.6 Å². The molecule has 0 aromatic rings. The molecule has 0 spiro atoms. The number of carbonyl (C=O) groups is 4. The van der Waals surface area contributed by atoms with Crippen LogP contribution in [0, 0.1) is 0 Å². The van der Waals surface area contributed by atoms with Crippen LogP contribution in [0.2, 0.25) is 0 Å². The zero-order valence-corrected chi connectivity index (χ0v) is 18.7. The van der Waals surface area contributed by atoms with Crippen LogP contribution < -0.4 is 5.32 Å². The van der Waals surface area contributed by atoms with Gasteiger partial charge < -0.3 is 33.7 Å². The highest BCUT2D eigenvalue weighted by Crippen LogP contribution is 2.32. The zero-order valence-electron chi connectivity index (χ0n) is 18.7. The molecule has 2 rings (SSSR count). The molecule has 6 atom stereocenters. The minimum Gasteiger partial charge on any atom is -0.463 e. The van der Waals surface area contributed by atoms with E-state index in [2.05, 4.69) is 5.32 Å². The van der Waals surface area contributed by atoms with Crippen molar-refractivity contribution in [3.05, 3.63) is 0 Å². The summed E-state index contributed by atoms with van der Waals surface area (Å²) in [6.07, 6.45) is -3.87. The van der Waals surface area contributed by atoms with E-state index >= 15 is 0 Å². The molecule has 2 aliphatic heterocycles. The van der Waals surface area contributed by atoms with E-state index in [-0.39, 0.29) is 25.0 Å². The van der Waals surface area contributed by atoms with E-state index in [1.807, 2.05) is 0 Å². The largest absolute Gasteiger partial charge is 0.463 e. The number of carbonyl (C=O) groups excluding carboxylic acids is 4. The number of esters is 3. The fourth-order valence-corrected chi connectivity index (χ4v) is 3.76. The minimum atomic E-state index is -1.11. The first-order valence-electron chi connectivity index (χ1n) is 10.1. The number of hydrogen-bond donors (Lipinski definition) is 1. The SMILES string of the molecule is CC(=O)N[C@@H]1[C@@H](OC(C)=O)[C@H](OC(C)=O)[C@@H](COC(C)=O)O[C@H]1C[C@H]1COC(C)(C)O1. The highest BCUT2D eigenvalue weighted by atomic mass is 16.7. The molecule has 11 heteroatoms. The first-order chi connectivity index (χ1) is 14.4. The standard InChI is InChI=1S/C20H31NO10/c1-10(22)21-17-15(7-14-8-27-20(5,6)31-14)30-16(9-26-11(2)23)18(28-12(3)24)19(17)29-13(4)25/h14-19H,7-9H2,1-6H3,(H,21,22)/t14-,15-,16+,17-,18+,19+/m0/s1. The van der Waals surface area contributed by atoms with Gasteiger partial charge in [0.2, 0.25) is 5.91 Å². The third-order valence-electron chi connectivity index (χ3n) is 4.78. The lowest BCUT2D eigenvalue weighted by atomic mass is 9.89. The van der Waals surface area contributed by atoms with E-state index in [0.717, 1.165) is 0 Å². The van der Waals surface area contributed by atoms with Crippen LogP contribution in [0.5, 0.6) is 0 Å². The molecule has 31 heavy (non-hydrogen) atoms. The summed E-state index contributed by atoms with van der Waals surface area (Å²) in [6, 6.07) is -0.841. The Balaban J connectivity index is 2.35. The lowest BCUT2D eigenvalue weighted by Gasteiger charge is -2.45. The Hall–Kier alpha value is -2.24. The first-order valence-corrected chi connectivity index (χ1v) is 10.1. The van der Waals surface area contributed by atoms with Gasteiger partial charge in [-0.1, -0.05) is 0 Å². The molecule has 0 aromatic carbocycles. The lowest BCUT2D eigenvalue weighted by molar-refractivity contribution is -0.228. The lowest BCUT2D eigenvalue weighted by Crippen LogP contribution is -2.66. The number of amides is 1. The summed E-state index contributed by atoms with van der Waals surface area (Å²) in [5, 5.41) is 2.73. The van der Waals surface area contributed by atoms with Crippen LogP contribution in [0.25, 0.3) is 0 Å². The maximum absolute atomic E-state index is 11.9. The maximum atomic E-state index is 11.9. The molecule has 0 aliphatic carbocycles. The van der Waals surface area contributed by atoms with Crippen LogP contribution in [0.4, 0.5) is 0 Å². The average molecular weight is 445 g/mol. The summed E-state index contributed by atoms with van der Waals surface area (Å²) in [6.45, 7) is 8.57. The Bertz CT molecular complexity index is 693. The van der Waals surface area contributed by atoms with Gasteiger partial charge in [0.15, 0.2) is 18.0 Å². The quantitative estimate of drug-likeness (QED) is 0.428. The molecular weight excluding hydrogens is 414 g/mol. The second-order valence-corrected chi connectivity index (χ2v) is 8.08. The zero-order chi connectivity index (χ0) is 23.3. The van der Waals surface area contributed by atoms with Crippen molar-refractivity contribution in [3.63, 3.8) is 0 Å². The van der Waals surface area contributed by atoms with Crippen molar-refractivity contribution in [1.29, 1.82) is 0 Å². The van der Waals surface area contributed by atoms with Crippen LogP contribution in [0.3, 0.4) is 0 Å². The summed E-state index contributed by atoms with van der Waals surface area (Å²) in [7, 11) is 0. The van der Waals surface area contributed by atoms with Gasteiger partial charge in [0, 0.05) is 34.1 Å². The van der Waals surface area contributed by atoms with Gasteiger partial charge in [-0.05, 0) is 13.8 Å². The van der Waals surface area contributed by atoms with Gasteiger partial charge in [0.1, 0.15) is 12.7 Å². The maximum Gasteiger partial charge on any atom is 0.303 e. The molecule has 11 nitrogen and oxygen atoms in total. The second kappa shape index (κ2) is 10.4.